The second kappa shape index (κ2) is 25.6. The van der Waals surface area contributed by atoms with Crippen molar-refractivity contribution in [2.24, 2.45) is 0 Å². The number of hydrogen-bond acceptors (Lipinski definition) is 7. The Hall–Kier alpha value is -3.52. The van der Waals surface area contributed by atoms with E-state index in [1.54, 1.807) is 18.9 Å². The van der Waals surface area contributed by atoms with E-state index in [0.717, 1.165) is 28.0 Å². The monoisotopic (exact) mass is 937 g/mol. The molecule has 0 spiro atoms. The molecule has 65 heavy (non-hydrogen) atoms. The van der Waals surface area contributed by atoms with Crippen molar-refractivity contribution in [2.75, 3.05) is 25.9 Å². The van der Waals surface area contributed by atoms with Crippen molar-refractivity contribution in [1.82, 2.24) is 0 Å². The maximum atomic E-state index is 8.22. The molecule has 4 rings (SSSR count). The largest absolute Gasteiger partial charge is 0.497 e. The van der Waals surface area contributed by atoms with E-state index in [9.17, 15) is 0 Å². The summed E-state index contributed by atoms with van der Waals surface area (Å²) in [6.07, 6.45) is 8.82. The molecular weight excluding hydrogens is 857 g/mol. The average molecular weight is 937 g/mol. The third-order valence-corrected chi connectivity index (χ3v) is 22.7. The fourth-order valence-electron chi connectivity index (χ4n) is 7.79. The van der Waals surface area contributed by atoms with Crippen LogP contribution in [0, 0.1) is 0 Å². The highest BCUT2D eigenvalue weighted by molar-refractivity contribution is 7.98. The molecule has 0 aromatic heterocycles. The number of allylic oxidation sites excluding steroid dienone is 1. The van der Waals surface area contributed by atoms with E-state index in [1.807, 2.05) is 30.3 Å². The first kappa shape index (κ1) is 54.1. The number of ether oxygens (including phenoxy) is 4. The first-order valence-corrected chi connectivity index (χ1v) is 29.5. The van der Waals surface area contributed by atoms with E-state index in [4.69, 9.17) is 27.8 Å². The summed E-state index contributed by atoms with van der Waals surface area (Å²) < 4.78 is 41.2. The highest BCUT2D eigenvalue weighted by Gasteiger charge is 2.53. The van der Waals surface area contributed by atoms with Gasteiger partial charge in [-0.05, 0) is 115 Å². The minimum absolute atomic E-state index is 0.0670. The lowest BCUT2D eigenvalue weighted by Crippen LogP contribution is -2.69. The van der Waals surface area contributed by atoms with Crippen molar-refractivity contribution in [3.8, 4) is 5.75 Å². The lowest BCUT2D eigenvalue weighted by atomic mass is 9.96. The normalized spacial score (nSPS) is 15.4. The van der Waals surface area contributed by atoms with Crippen LogP contribution in [0.4, 0.5) is 0 Å². The SMILES string of the molecule is C/C=C(/C)C(C/C=C(\C)C(O[Si](c1ccccc1)(c1ccccc1)C(C)(C)C)C(OCc1ccccc1)C(C/C=C(/C)COCc1ccc(OC)cc1)OCSC)O[Si](C)(C)C(C)(C)C. The second-order valence-corrected chi connectivity index (χ2v) is 29.6. The van der Waals surface area contributed by atoms with Crippen molar-refractivity contribution in [3.05, 3.63) is 161 Å². The standard InChI is InChI=1S/C56H80O6SSi2/c1-15-44(3)51(61-64(13,14)55(5,6)7)38-32-45(4)53(62-65(56(8,9)10,49-27-21-17-22-28-49)50-29-23-18-24-30-50)54(59-41-46-25-19-16-20-26-46)52(60-42-63-12)37-31-43(2)39-58-40-47-33-35-48(57-11)36-34-47/h15-36,51-54H,37-42H2,1-14H3/b43-31-,44-15-,45-32+. The van der Waals surface area contributed by atoms with Crippen LogP contribution in [0.3, 0.4) is 0 Å². The van der Waals surface area contributed by atoms with Crippen molar-refractivity contribution in [1.29, 1.82) is 0 Å². The maximum absolute atomic E-state index is 8.22. The first-order chi connectivity index (χ1) is 30.9. The van der Waals surface area contributed by atoms with Crippen LogP contribution in [0.15, 0.2) is 150 Å². The Kier molecular flexibility index (Phi) is 21.3. The Labute approximate surface area is 400 Å². The highest BCUT2D eigenvalue weighted by Crippen LogP contribution is 2.41. The molecule has 6 nitrogen and oxygen atoms in total. The number of methoxy groups -OCH3 is 1. The van der Waals surface area contributed by atoms with Gasteiger partial charge in [0.15, 0.2) is 8.32 Å². The van der Waals surface area contributed by atoms with Gasteiger partial charge in [0, 0.05) is 0 Å². The highest BCUT2D eigenvalue weighted by atomic mass is 32.2. The first-order valence-electron chi connectivity index (χ1n) is 23.2. The van der Waals surface area contributed by atoms with Crippen molar-refractivity contribution in [3.63, 3.8) is 0 Å². The fourth-order valence-corrected chi connectivity index (χ4v) is 14.2. The van der Waals surface area contributed by atoms with Crippen LogP contribution in [0.1, 0.15) is 93.2 Å². The summed E-state index contributed by atoms with van der Waals surface area (Å²) in [5.74, 6) is 1.34. The molecule has 0 heterocycles. The summed E-state index contributed by atoms with van der Waals surface area (Å²) in [5.41, 5.74) is 5.65. The van der Waals surface area contributed by atoms with Gasteiger partial charge in [-0.1, -0.05) is 168 Å². The molecule has 354 valence electrons. The molecule has 4 unspecified atom stereocenters. The fraction of sp³-hybridized carbons (Fsp3) is 0.464. The minimum atomic E-state index is -3.13. The van der Waals surface area contributed by atoms with Gasteiger partial charge in [-0.15, -0.1) is 11.8 Å². The van der Waals surface area contributed by atoms with Crippen LogP contribution in [0.5, 0.6) is 5.75 Å². The summed E-state index contributed by atoms with van der Waals surface area (Å²) in [4.78, 5) is 0. The van der Waals surface area contributed by atoms with Gasteiger partial charge in [-0.25, -0.2) is 0 Å². The zero-order valence-electron chi connectivity index (χ0n) is 42.1. The summed E-state index contributed by atoms with van der Waals surface area (Å²) >= 11 is 1.67. The summed E-state index contributed by atoms with van der Waals surface area (Å²) in [7, 11) is -3.57. The lowest BCUT2D eigenvalue weighted by Gasteiger charge is -2.47. The Morgan fingerprint density at radius 3 is 1.71 bits per heavy atom. The van der Waals surface area contributed by atoms with Gasteiger partial charge in [0.2, 0.25) is 0 Å². The van der Waals surface area contributed by atoms with Gasteiger partial charge < -0.3 is 27.8 Å². The molecule has 0 radical (unpaired) electrons. The van der Waals surface area contributed by atoms with Gasteiger partial charge in [0.05, 0.1) is 51.2 Å². The molecular formula is C56H80O6SSi2. The molecule has 0 aliphatic carbocycles. The molecule has 9 heteroatoms. The maximum Gasteiger partial charge on any atom is 0.262 e. The van der Waals surface area contributed by atoms with Crippen LogP contribution in [-0.2, 0) is 36.3 Å². The van der Waals surface area contributed by atoms with Gasteiger partial charge in [-0.2, -0.15) is 0 Å². The quantitative estimate of drug-likeness (QED) is 0.0373. The third kappa shape index (κ3) is 15.5. The molecule has 0 aliphatic heterocycles. The van der Waals surface area contributed by atoms with Crippen molar-refractivity contribution < 1.29 is 27.8 Å². The molecule has 4 aromatic rings. The molecule has 4 aromatic carbocycles. The van der Waals surface area contributed by atoms with Crippen LogP contribution in [-0.4, -0.2) is 67.0 Å². The third-order valence-electron chi connectivity index (χ3n) is 12.8. The Morgan fingerprint density at radius 2 is 1.20 bits per heavy atom. The second-order valence-electron chi connectivity index (χ2n) is 19.8. The van der Waals surface area contributed by atoms with Crippen LogP contribution >= 0.6 is 11.8 Å². The van der Waals surface area contributed by atoms with Crippen LogP contribution < -0.4 is 15.1 Å². The average Bonchev–Trinajstić information content (AvgIpc) is 3.29. The number of benzene rings is 4. The Bertz CT molecular complexity index is 2030. The van der Waals surface area contributed by atoms with Gasteiger partial charge in [0.1, 0.15) is 11.9 Å². The van der Waals surface area contributed by atoms with Crippen LogP contribution in [0.25, 0.3) is 0 Å². The zero-order chi connectivity index (χ0) is 47.7. The molecule has 0 saturated carbocycles. The van der Waals surface area contributed by atoms with E-state index >= 15 is 0 Å². The van der Waals surface area contributed by atoms with Gasteiger partial charge >= 0.3 is 0 Å². The van der Waals surface area contributed by atoms with Crippen LogP contribution in [0.2, 0.25) is 23.2 Å². The van der Waals surface area contributed by atoms with E-state index < -0.39 is 28.8 Å². The molecule has 0 aliphatic rings. The molecule has 0 bridgehead atoms. The van der Waals surface area contributed by atoms with Crippen molar-refractivity contribution >= 4 is 38.8 Å². The van der Waals surface area contributed by atoms with E-state index in [1.165, 1.54) is 15.9 Å². The Morgan fingerprint density at radius 1 is 0.646 bits per heavy atom. The topological polar surface area (TPSA) is 55.4 Å². The predicted molar refractivity (Wildman–Crippen MR) is 282 cm³/mol. The molecule has 4 atom stereocenters. The smallest absolute Gasteiger partial charge is 0.262 e. The predicted octanol–water partition coefficient (Wildman–Crippen LogP) is 13.5. The van der Waals surface area contributed by atoms with E-state index in [-0.39, 0.29) is 22.3 Å². The molecule has 0 amide bonds. The zero-order valence-corrected chi connectivity index (χ0v) is 44.9. The van der Waals surface area contributed by atoms with Gasteiger partial charge in [-0.3, -0.25) is 0 Å². The molecule has 0 saturated heterocycles. The summed E-state index contributed by atoms with van der Waals surface area (Å²) in [6, 6.07) is 40.3. The Balaban J connectivity index is 1.91. The van der Waals surface area contributed by atoms with Gasteiger partial charge in [0.25, 0.3) is 8.32 Å². The molecule has 0 N–H and O–H groups in total. The van der Waals surface area contributed by atoms with Crippen molar-refractivity contribution in [2.45, 2.75) is 143 Å². The molecule has 0 fully saturated rings. The number of thioether (sulfide) groups is 1. The van der Waals surface area contributed by atoms with E-state index in [0.29, 0.717) is 38.6 Å². The number of rotatable bonds is 25. The number of hydrogen-bond donors (Lipinski definition) is 0. The lowest BCUT2D eigenvalue weighted by molar-refractivity contribution is -0.105. The minimum Gasteiger partial charge on any atom is -0.497 e. The summed E-state index contributed by atoms with van der Waals surface area (Å²) in [6.45, 7) is 28.7. The summed E-state index contributed by atoms with van der Waals surface area (Å²) in [5, 5.41) is 2.22. The van der Waals surface area contributed by atoms with E-state index in [2.05, 4.69) is 192 Å².